The van der Waals surface area contributed by atoms with Crippen molar-refractivity contribution in [1.29, 1.82) is 0 Å². The van der Waals surface area contributed by atoms with Crippen LogP contribution in [0.3, 0.4) is 0 Å². The molecule has 1 atom stereocenters. The van der Waals surface area contributed by atoms with Crippen molar-refractivity contribution in [2.24, 2.45) is 0 Å². The molecule has 2 aliphatic rings. The van der Waals surface area contributed by atoms with Crippen LogP contribution in [0.1, 0.15) is 23.1 Å². The molecule has 0 amide bonds. The Bertz CT molecular complexity index is 1430. The van der Waals surface area contributed by atoms with E-state index in [9.17, 15) is 39.9 Å². The molecule has 0 radical (unpaired) electrons. The number of aliphatic hydroxyl groups is 1. The third-order valence-electron chi connectivity index (χ3n) is 7.02. The lowest BCUT2D eigenvalue weighted by molar-refractivity contribution is -0.376. The molecule has 14 heteroatoms. The molecule has 4 rings (SSSR count). The molecular formula is C27H27ClF6N2O3S2. The van der Waals surface area contributed by atoms with Gasteiger partial charge in [0.25, 0.3) is 5.60 Å². The molecule has 1 aliphatic heterocycles. The molecule has 41 heavy (non-hydrogen) atoms. The third-order valence-corrected chi connectivity index (χ3v) is 9.48. The van der Waals surface area contributed by atoms with Crippen LogP contribution >= 0.6 is 24.6 Å². The van der Waals surface area contributed by atoms with Crippen LogP contribution in [0.4, 0.5) is 32.0 Å². The van der Waals surface area contributed by atoms with Crippen molar-refractivity contribution >= 4 is 45.2 Å². The molecule has 5 nitrogen and oxygen atoms in total. The SMILES string of the molecule is Cc1cccc(C[C@H]2CN(S(=O)(=O)C3=CC=CCC3=S)CCN2c2ccc(C(O)(C(F)(F)F)C(F)(F)F)cc2)c1.Cl. The summed E-state index contributed by atoms with van der Waals surface area (Å²) in [5.74, 6) is 0. The maximum absolute atomic E-state index is 13.5. The Balaban J connectivity index is 0.00000462. The largest absolute Gasteiger partial charge is 0.430 e. The molecule has 0 bridgehead atoms. The average molecular weight is 641 g/mol. The van der Waals surface area contributed by atoms with E-state index in [1.54, 1.807) is 17.1 Å². The van der Waals surface area contributed by atoms with Gasteiger partial charge in [0, 0.05) is 48.2 Å². The summed E-state index contributed by atoms with van der Waals surface area (Å²) < 4.78 is 108. The van der Waals surface area contributed by atoms with Crippen LogP contribution < -0.4 is 4.90 Å². The number of sulfonamides is 1. The highest BCUT2D eigenvalue weighted by Gasteiger charge is 2.71. The standard InChI is InChI=1S/C27H26F6N2O3S2.ClH/c1-18-5-4-6-19(15-18)16-22-17-34(40(37,38)24-8-3-2-7-23(24)39)13-14-35(22)21-11-9-20(10-12-21)25(36,26(28,29)30)27(31,32)33;/h2-6,8-12,15,22,36H,7,13-14,16-17H2,1H3;1H/t22-;/m0./s1. The average Bonchev–Trinajstić information content (AvgIpc) is 2.87. The van der Waals surface area contributed by atoms with E-state index >= 15 is 0 Å². The van der Waals surface area contributed by atoms with Crippen molar-refractivity contribution < 1.29 is 39.9 Å². The fourth-order valence-electron chi connectivity index (χ4n) is 4.95. The molecule has 0 aromatic heterocycles. The van der Waals surface area contributed by atoms with Gasteiger partial charge in [0.1, 0.15) is 0 Å². The Labute approximate surface area is 245 Å². The summed E-state index contributed by atoms with van der Waals surface area (Å²) in [6.45, 7) is 2.04. The van der Waals surface area contributed by atoms with Gasteiger partial charge < -0.3 is 10.0 Å². The second-order valence-corrected chi connectivity index (χ2v) is 12.1. The van der Waals surface area contributed by atoms with Gasteiger partial charge in [-0.25, -0.2) is 8.42 Å². The number of hydrogen-bond donors (Lipinski definition) is 1. The normalized spacial score (nSPS) is 19.1. The smallest absolute Gasteiger partial charge is 0.369 e. The highest BCUT2D eigenvalue weighted by atomic mass is 35.5. The van der Waals surface area contributed by atoms with Crippen LogP contribution in [0.15, 0.2) is 71.7 Å². The van der Waals surface area contributed by atoms with E-state index in [-0.39, 0.29) is 41.8 Å². The number of hydrogen-bond acceptors (Lipinski definition) is 5. The summed E-state index contributed by atoms with van der Waals surface area (Å²) in [5, 5.41) is 9.74. The van der Waals surface area contributed by atoms with E-state index < -0.39 is 39.6 Å². The number of nitrogens with zero attached hydrogens (tertiary/aromatic N) is 2. The molecule has 1 N–H and O–H groups in total. The summed E-state index contributed by atoms with van der Waals surface area (Å²) in [7, 11) is -3.94. The first-order chi connectivity index (χ1) is 18.6. The van der Waals surface area contributed by atoms with Crippen molar-refractivity contribution in [3.05, 3.63) is 88.4 Å². The van der Waals surface area contributed by atoms with Crippen LogP contribution in [0.25, 0.3) is 0 Å². The molecule has 1 heterocycles. The molecule has 0 saturated carbocycles. The van der Waals surface area contributed by atoms with E-state index in [1.165, 1.54) is 10.4 Å². The van der Waals surface area contributed by atoms with E-state index in [2.05, 4.69) is 0 Å². The van der Waals surface area contributed by atoms with Crippen molar-refractivity contribution in [2.75, 3.05) is 24.5 Å². The van der Waals surface area contributed by atoms with Gasteiger partial charge in [-0.1, -0.05) is 66.3 Å². The molecule has 1 aliphatic carbocycles. The Hall–Kier alpha value is -2.45. The molecule has 0 unspecified atom stereocenters. The van der Waals surface area contributed by atoms with Crippen molar-refractivity contribution in [3.8, 4) is 0 Å². The summed E-state index contributed by atoms with van der Waals surface area (Å²) in [5.41, 5.74) is -4.26. The zero-order valence-corrected chi connectivity index (χ0v) is 24.1. The first kappa shape index (κ1) is 33.1. The number of rotatable bonds is 6. The molecule has 1 fully saturated rings. The highest BCUT2D eigenvalue weighted by molar-refractivity contribution is 7.96. The second kappa shape index (κ2) is 12.0. The molecule has 2 aromatic carbocycles. The fourth-order valence-corrected chi connectivity index (χ4v) is 7.02. The second-order valence-electron chi connectivity index (χ2n) is 9.74. The fraction of sp³-hybridized carbons (Fsp3) is 0.370. The topological polar surface area (TPSA) is 60.9 Å². The van der Waals surface area contributed by atoms with Gasteiger partial charge in [0.2, 0.25) is 10.0 Å². The molecule has 1 saturated heterocycles. The number of anilines is 1. The molecule has 0 spiro atoms. The number of allylic oxidation sites excluding steroid dienone is 4. The van der Waals surface area contributed by atoms with Crippen LogP contribution in [-0.4, -0.2) is 60.7 Å². The lowest BCUT2D eigenvalue weighted by Gasteiger charge is -2.43. The number of halogens is 7. The van der Waals surface area contributed by atoms with Gasteiger partial charge in [-0.3, -0.25) is 0 Å². The van der Waals surface area contributed by atoms with Gasteiger partial charge >= 0.3 is 12.4 Å². The maximum atomic E-state index is 13.5. The van der Waals surface area contributed by atoms with E-state index in [1.807, 2.05) is 31.2 Å². The van der Waals surface area contributed by atoms with E-state index in [0.29, 0.717) is 30.7 Å². The number of alkyl halides is 6. The van der Waals surface area contributed by atoms with Gasteiger partial charge in [0.15, 0.2) is 0 Å². The molecule has 2 aromatic rings. The predicted molar refractivity (Wildman–Crippen MR) is 151 cm³/mol. The Morgan fingerprint density at radius 2 is 1.63 bits per heavy atom. The van der Waals surface area contributed by atoms with Crippen LogP contribution in [0.5, 0.6) is 0 Å². The van der Waals surface area contributed by atoms with Gasteiger partial charge in [-0.2, -0.15) is 30.6 Å². The van der Waals surface area contributed by atoms with Crippen molar-refractivity contribution in [2.45, 2.75) is 43.8 Å². The number of piperazine rings is 1. The summed E-state index contributed by atoms with van der Waals surface area (Å²) in [6, 6.07) is 10.4. The van der Waals surface area contributed by atoms with Gasteiger partial charge in [0.05, 0.1) is 4.91 Å². The van der Waals surface area contributed by atoms with Crippen LogP contribution in [0.2, 0.25) is 0 Å². The lowest BCUT2D eigenvalue weighted by atomic mass is 9.92. The quantitative estimate of drug-likeness (QED) is 0.310. The lowest BCUT2D eigenvalue weighted by Crippen LogP contribution is -2.56. The first-order valence-corrected chi connectivity index (χ1v) is 14.1. The summed E-state index contributed by atoms with van der Waals surface area (Å²) in [6.07, 6.45) is -6.50. The minimum absolute atomic E-state index is 0. The van der Waals surface area contributed by atoms with Gasteiger partial charge in [-0.05, 0) is 37.1 Å². The minimum Gasteiger partial charge on any atom is -0.369 e. The number of aryl methyl sites for hydroxylation is 1. The first-order valence-electron chi connectivity index (χ1n) is 12.2. The number of thiocarbonyl (C=S) groups is 1. The molecular weight excluding hydrogens is 614 g/mol. The van der Waals surface area contributed by atoms with Crippen LogP contribution in [-0.2, 0) is 22.0 Å². The van der Waals surface area contributed by atoms with Crippen LogP contribution in [0, 0.1) is 6.92 Å². The maximum Gasteiger partial charge on any atom is 0.430 e. The number of benzene rings is 2. The Morgan fingerprint density at radius 1 is 1.00 bits per heavy atom. The predicted octanol–water partition coefficient (Wildman–Crippen LogP) is 6.01. The van der Waals surface area contributed by atoms with Crippen molar-refractivity contribution in [3.63, 3.8) is 0 Å². The van der Waals surface area contributed by atoms with E-state index in [4.69, 9.17) is 12.2 Å². The molecule has 224 valence electrons. The third kappa shape index (κ3) is 6.48. The van der Waals surface area contributed by atoms with E-state index in [0.717, 1.165) is 23.3 Å². The Morgan fingerprint density at radius 3 is 2.20 bits per heavy atom. The summed E-state index contributed by atoms with van der Waals surface area (Å²) >= 11 is 5.27. The highest BCUT2D eigenvalue weighted by Crippen LogP contribution is 2.50. The van der Waals surface area contributed by atoms with Gasteiger partial charge in [-0.15, -0.1) is 12.4 Å². The zero-order valence-electron chi connectivity index (χ0n) is 21.6. The minimum atomic E-state index is -6.00. The monoisotopic (exact) mass is 640 g/mol. The van der Waals surface area contributed by atoms with Crippen molar-refractivity contribution in [1.82, 2.24) is 4.31 Å². The summed E-state index contributed by atoms with van der Waals surface area (Å²) in [4.78, 5) is 2.08. The zero-order chi connectivity index (χ0) is 29.5. The Kier molecular flexibility index (Phi) is 9.71.